The SMILES string of the molecule is CCOC(=O)C1CCC(NC(=O)c2cc3cc(Cl)ccc3[nH]2)C(N)C1. The molecule has 0 bridgehead atoms. The Bertz CT molecular complexity index is 789. The summed E-state index contributed by atoms with van der Waals surface area (Å²) < 4.78 is 5.06. The first-order chi connectivity index (χ1) is 12.0. The van der Waals surface area contributed by atoms with Crippen LogP contribution in [0.4, 0.5) is 0 Å². The highest BCUT2D eigenvalue weighted by Crippen LogP contribution is 2.25. The lowest BCUT2D eigenvalue weighted by molar-refractivity contribution is -0.149. The van der Waals surface area contributed by atoms with E-state index in [1.54, 1.807) is 25.1 Å². The first-order valence-electron chi connectivity index (χ1n) is 8.49. The van der Waals surface area contributed by atoms with Crippen molar-refractivity contribution in [2.24, 2.45) is 11.7 Å². The fraction of sp³-hybridized carbons (Fsp3) is 0.444. The van der Waals surface area contributed by atoms with Crippen LogP contribution in [0.1, 0.15) is 36.7 Å². The molecule has 0 spiro atoms. The summed E-state index contributed by atoms with van der Waals surface area (Å²) in [4.78, 5) is 27.4. The molecule has 6 nitrogen and oxygen atoms in total. The zero-order chi connectivity index (χ0) is 18.0. The summed E-state index contributed by atoms with van der Waals surface area (Å²) in [7, 11) is 0. The fourth-order valence-corrected chi connectivity index (χ4v) is 3.51. The first-order valence-corrected chi connectivity index (χ1v) is 8.87. The summed E-state index contributed by atoms with van der Waals surface area (Å²) in [6.45, 7) is 2.16. The van der Waals surface area contributed by atoms with E-state index in [0.29, 0.717) is 36.6 Å². The van der Waals surface area contributed by atoms with Crippen LogP contribution < -0.4 is 11.1 Å². The second-order valence-electron chi connectivity index (χ2n) is 6.42. The molecule has 1 amide bonds. The molecule has 2 aromatic rings. The van der Waals surface area contributed by atoms with Crippen molar-refractivity contribution in [3.05, 3.63) is 35.0 Å². The van der Waals surface area contributed by atoms with E-state index in [2.05, 4.69) is 10.3 Å². The Kier molecular flexibility index (Phi) is 5.30. The maximum atomic E-state index is 12.5. The van der Waals surface area contributed by atoms with Crippen molar-refractivity contribution in [3.63, 3.8) is 0 Å². The molecule has 3 unspecified atom stereocenters. The number of halogens is 1. The number of aromatic amines is 1. The fourth-order valence-electron chi connectivity index (χ4n) is 3.33. The van der Waals surface area contributed by atoms with Gasteiger partial charge in [0.25, 0.3) is 5.91 Å². The lowest BCUT2D eigenvalue weighted by atomic mass is 9.82. The molecule has 1 saturated carbocycles. The summed E-state index contributed by atoms with van der Waals surface area (Å²) in [6.07, 6.45) is 1.84. The van der Waals surface area contributed by atoms with Gasteiger partial charge in [0.15, 0.2) is 0 Å². The van der Waals surface area contributed by atoms with Gasteiger partial charge in [-0.25, -0.2) is 0 Å². The minimum atomic E-state index is -0.272. The van der Waals surface area contributed by atoms with E-state index in [1.165, 1.54) is 0 Å². The average molecular weight is 364 g/mol. The van der Waals surface area contributed by atoms with Gasteiger partial charge in [0.2, 0.25) is 0 Å². The number of H-pyrrole nitrogens is 1. The molecule has 1 aromatic carbocycles. The third-order valence-corrected chi connectivity index (χ3v) is 4.90. The molecule has 1 heterocycles. The minimum absolute atomic E-state index is 0.159. The third kappa shape index (κ3) is 3.96. The van der Waals surface area contributed by atoms with E-state index < -0.39 is 0 Å². The van der Waals surface area contributed by atoms with Crippen molar-refractivity contribution in [3.8, 4) is 0 Å². The summed E-state index contributed by atoms with van der Waals surface area (Å²) in [5, 5.41) is 4.48. The number of carbonyl (C=O) groups is 2. The van der Waals surface area contributed by atoms with Gasteiger partial charge in [-0.2, -0.15) is 0 Å². The normalized spacial score (nSPS) is 23.4. The number of amides is 1. The van der Waals surface area contributed by atoms with Crippen LogP contribution in [0, 0.1) is 5.92 Å². The molecule has 1 aliphatic rings. The summed E-state index contributed by atoms with van der Waals surface area (Å²) >= 11 is 5.98. The highest BCUT2D eigenvalue weighted by Gasteiger charge is 2.33. The van der Waals surface area contributed by atoms with Crippen LogP contribution in [-0.4, -0.2) is 35.6 Å². The van der Waals surface area contributed by atoms with Crippen molar-refractivity contribution in [1.29, 1.82) is 0 Å². The predicted molar refractivity (Wildman–Crippen MR) is 96.5 cm³/mol. The number of carbonyl (C=O) groups excluding carboxylic acids is 2. The van der Waals surface area contributed by atoms with Crippen molar-refractivity contribution in [2.75, 3.05) is 6.61 Å². The molecule has 4 N–H and O–H groups in total. The quantitative estimate of drug-likeness (QED) is 0.727. The molecule has 3 atom stereocenters. The zero-order valence-electron chi connectivity index (χ0n) is 14.0. The van der Waals surface area contributed by atoms with Gasteiger partial charge in [-0.05, 0) is 50.5 Å². The Labute approximate surface area is 151 Å². The molecule has 134 valence electrons. The van der Waals surface area contributed by atoms with Crippen LogP contribution in [0.5, 0.6) is 0 Å². The van der Waals surface area contributed by atoms with Crippen molar-refractivity contribution < 1.29 is 14.3 Å². The number of esters is 1. The standard InChI is InChI=1S/C18H22ClN3O3/c1-2-25-18(24)10-3-5-15(13(20)8-10)22-17(23)16-9-11-7-12(19)4-6-14(11)21-16/h4,6-7,9-10,13,15,21H,2-3,5,8,20H2,1H3,(H,22,23). The summed E-state index contributed by atoms with van der Waals surface area (Å²) in [5.74, 6) is -0.587. The van der Waals surface area contributed by atoms with Crippen molar-refractivity contribution in [2.45, 2.75) is 38.3 Å². The average Bonchev–Trinajstić information content (AvgIpc) is 3.00. The Balaban J connectivity index is 1.63. The predicted octanol–water partition coefficient (Wildman–Crippen LogP) is 2.61. The molecule has 7 heteroatoms. The van der Waals surface area contributed by atoms with Crippen LogP contribution in [-0.2, 0) is 9.53 Å². The van der Waals surface area contributed by atoms with Gasteiger partial charge in [-0.15, -0.1) is 0 Å². The number of aromatic nitrogens is 1. The topological polar surface area (TPSA) is 97.2 Å². The number of benzene rings is 1. The number of rotatable bonds is 4. The monoisotopic (exact) mass is 363 g/mol. The second kappa shape index (κ2) is 7.45. The maximum Gasteiger partial charge on any atom is 0.308 e. The van der Waals surface area contributed by atoms with Gasteiger partial charge in [-0.1, -0.05) is 11.6 Å². The van der Waals surface area contributed by atoms with Gasteiger partial charge in [-0.3, -0.25) is 9.59 Å². The van der Waals surface area contributed by atoms with Crippen LogP contribution in [0.2, 0.25) is 5.02 Å². The molecule has 1 aromatic heterocycles. The highest BCUT2D eigenvalue weighted by molar-refractivity contribution is 6.31. The molecular formula is C18H22ClN3O3. The van der Waals surface area contributed by atoms with E-state index in [4.69, 9.17) is 22.1 Å². The number of fused-ring (bicyclic) bond motifs is 1. The van der Waals surface area contributed by atoms with E-state index >= 15 is 0 Å². The minimum Gasteiger partial charge on any atom is -0.466 e. The summed E-state index contributed by atoms with van der Waals surface area (Å²) in [6, 6.07) is 6.76. The molecule has 0 radical (unpaired) electrons. The smallest absolute Gasteiger partial charge is 0.308 e. The lowest BCUT2D eigenvalue weighted by Gasteiger charge is -2.33. The van der Waals surface area contributed by atoms with Gasteiger partial charge in [0.05, 0.1) is 12.5 Å². The maximum absolute atomic E-state index is 12.5. The molecule has 3 rings (SSSR count). The van der Waals surface area contributed by atoms with E-state index in [9.17, 15) is 9.59 Å². The van der Waals surface area contributed by atoms with Gasteiger partial charge in [0.1, 0.15) is 5.69 Å². The molecule has 25 heavy (non-hydrogen) atoms. The van der Waals surface area contributed by atoms with Gasteiger partial charge < -0.3 is 20.8 Å². The lowest BCUT2D eigenvalue weighted by Crippen LogP contribution is -2.52. The Morgan fingerprint density at radius 3 is 2.88 bits per heavy atom. The van der Waals surface area contributed by atoms with E-state index in [1.807, 2.05) is 6.07 Å². The number of nitrogens with two attached hydrogens (primary N) is 1. The molecule has 1 fully saturated rings. The van der Waals surface area contributed by atoms with Crippen molar-refractivity contribution >= 4 is 34.4 Å². The molecule has 1 aliphatic carbocycles. The second-order valence-corrected chi connectivity index (χ2v) is 6.86. The largest absolute Gasteiger partial charge is 0.466 e. The Hall–Kier alpha value is -2.05. The van der Waals surface area contributed by atoms with Crippen LogP contribution in [0.3, 0.4) is 0 Å². The third-order valence-electron chi connectivity index (χ3n) is 4.66. The van der Waals surface area contributed by atoms with Crippen LogP contribution in [0.15, 0.2) is 24.3 Å². The van der Waals surface area contributed by atoms with Crippen LogP contribution >= 0.6 is 11.6 Å². The van der Waals surface area contributed by atoms with Gasteiger partial charge >= 0.3 is 5.97 Å². The number of nitrogens with one attached hydrogen (secondary N) is 2. The van der Waals surface area contributed by atoms with E-state index in [-0.39, 0.29) is 29.9 Å². The Morgan fingerprint density at radius 1 is 1.36 bits per heavy atom. The molecule has 0 aliphatic heterocycles. The van der Waals surface area contributed by atoms with Crippen LogP contribution in [0.25, 0.3) is 10.9 Å². The Morgan fingerprint density at radius 2 is 2.16 bits per heavy atom. The van der Waals surface area contributed by atoms with Crippen molar-refractivity contribution in [1.82, 2.24) is 10.3 Å². The number of hydrogen-bond donors (Lipinski definition) is 3. The van der Waals surface area contributed by atoms with E-state index in [0.717, 1.165) is 10.9 Å². The molecule has 0 saturated heterocycles. The summed E-state index contributed by atoms with van der Waals surface area (Å²) in [5.41, 5.74) is 7.50. The zero-order valence-corrected chi connectivity index (χ0v) is 14.8. The first kappa shape index (κ1) is 17.8. The highest BCUT2D eigenvalue weighted by atomic mass is 35.5. The molecular weight excluding hydrogens is 342 g/mol. The number of hydrogen-bond acceptors (Lipinski definition) is 4. The number of ether oxygens (including phenoxy) is 1. The van der Waals surface area contributed by atoms with Gasteiger partial charge in [0, 0.05) is 28.0 Å².